The molecular weight excluding hydrogens is 1780 g/mol. The number of ether oxygens (including phenoxy) is 1. The number of nitro benzene ring substituents is 9. The second kappa shape index (κ2) is 61.8. The Hall–Kier alpha value is -11.5. The normalized spacial score (nSPS) is 9.90. The van der Waals surface area contributed by atoms with Gasteiger partial charge in [0.15, 0.2) is 0 Å². The summed E-state index contributed by atoms with van der Waals surface area (Å²) < 4.78 is 5.22. The molecule has 0 saturated carbocycles. The molecule has 0 unspecified atom stereocenters. The van der Waals surface area contributed by atoms with E-state index in [1.54, 1.807) is 171 Å². The van der Waals surface area contributed by atoms with Gasteiger partial charge < -0.3 is 43.2 Å². The smallest absolute Gasteiger partial charge is 0.293 e. The molecule has 0 saturated heterocycles. The van der Waals surface area contributed by atoms with Crippen molar-refractivity contribution in [3.63, 3.8) is 0 Å². The van der Waals surface area contributed by atoms with Crippen molar-refractivity contribution in [1.29, 1.82) is 0 Å². The van der Waals surface area contributed by atoms with Crippen molar-refractivity contribution in [2.45, 2.75) is 118 Å². The number of thiocarbonyl (C=S) groups is 1. The molecule has 36 nitrogen and oxygen atoms in total. The zero-order valence-electron chi connectivity index (χ0n) is 69.5. The number of nitrogens with zero attached hydrogens (tertiary/aromatic N) is 11. The predicted octanol–water partition coefficient (Wildman–Crippen LogP) is 23.0. The number of non-ortho nitro benzene ring substituents is 5. The molecule has 1 amide bonds. The van der Waals surface area contributed by atoms with Gasteiger partial charge in [-0.2, -0.15) is 0 Å². The number of hydrogen-bond donors (Lipinski definition) is 5. The highest BCUT2D eigenvalue weighted by Crippen LogP contribution is 2.36. The molecule has 0 aliphatic rings. The molecule has 9 rings (SSSR count). The lowest BCUT2D eigenvalue weighted by molar-refractivity contribution is -0.385. The van der Waals surface area contributed by atoms with Gasteiger partial charge in [-0.05, 0) is 158 Å². The van der Waals surface area contributed by atoms with Crippen LogP contribution in [0.1, 0.15) is 79.1 Å². The molecule has 0 aliphatic carbocycles. The van der Waals surface area contributed by atoms with E-state index in [-0.39, 0.29) is 94.2 Å². The fourth-order valence-corrected chi connectivity index (χ4v) is 15.0. The number of benzene rings is 9. The van der Waals surface area contributed by atoms with Crippen LogP contribution in [0.25, 0.3) is 0 Å². The summed E-state index contributed by atoms with van der Waals surface area (Å²) in [4.78, 5) is 111. The van der Waals surface area contributed by atoms with Crippen LogP contribution >= 0.6 is 106 Å². The van der Waals surface area contributed by atoms with Crippen molar-refractivity contribution in [3.05, 3.63) is 279 Å². The van der Waals surface area contributed by atoms with Gasteiger partial charge in [0.05, 0.1) is 50.4 Å². The van der Waals surface area contributed by atoms with Crippen LogP contribution in [-0.2, 0) is 0 Å². The van der Waals surface area contributed by atoms with E-state index in [9.17, 15) is 95.8 Å². The predicted molar refractivity (Wildman–Crippen MR) is 510 cm³/mol. The number of carbonyl (C=O) groups excluding carboxylic acids is 1. The average Bonchev–Trinajstić information content (AvgIpc) is 0.847. The van der Waals surface area contributed by atoms with E-state index >= 15 is 0 Å². The third kappa shape index (κ3) is 44.0. The van der Waals surface area contributed by atoms with Gasteiger partial charge in [0.25, 0.3) is 61.6 Å². The Balaban J connectivity index is 0.000000699. The van der Waals surface area contributed by atoms with Crippen LogP contribution in [-0.4, -0.2) is 134 Å². The Morgan fingerprint density at radius 1 is 0.339 bits per heavy atom. The molecule has 0 heterocycles. The van der Waals surface area contributed by atoms with Gasteiger partial charge >= 0.3 is 0 Å². The first-order chi connectivity index (χ1) is 58.7. The highest BCUT2D eigenvalue weighted by Gasteiger charge is 2.19. The zero-order valence-corrected chi connectivity index (χ0v) is 76.9. The third-order valence-electron chi connectivity index (χ3n) is 15.1. The molecule has 0 spiro atoms. The van der Waals surface area contributed by atoms with E-state index in [4.69, 9.17) is 45.6 Å². The lowest BCUT2D eigenvalue weighted by atomic mass is 10.3. The Morgan fingerprint density at radius 3 is 1.08 bits per heavy atom. The first-order valence-corrected chi connectivity index (χ1v) is 45.7. The molecule has 124 heavy (non-hydrogen) atoms. The summed E-state index contributed by atoms with van der Waals surface area (Å²) >= 11 is 16.7. The van der Waals surface area contributed by atoms with E-state index in [1.165, 1.54) is 113 Å². The topological polar surface area (TPSA) is 551 Å². The number of carbonyl (C=O) groups is 1. The standard InChI is InChI=1S/3C10H14N2O2S.C10H13NO2S.2C9H10N2O3S.2C7H8N2O2S.C7H7NO2S/c1-2-3-7-15-9-6-4-5-8(10(9)11)12(13)14;1-2-3-6-15-8-4-5-9(11)10(7-8)12(13)14;1-2-3-6-15-10-7-8(12(13)14)4-5-9(10)11;1-2-3-7-14-10-6-4-5-9(8-10)11(12)13;1-10(2)9(15)14-8-5-3-4-7(6-8)11(12)13;1-10(2)9(12)15-8-5-3-4-7(6-8)11(13)14;1-12-5-2-3-6(8)7(4-5)9(10)11;1-12-6-4-2-3-5(7(6)8)9(10)11;1-11-7-4-2-3-6(5-7)8(9)10/h4-6H,2-3,7,11H2,1H3;2*4-5,7H,2-3,6,11H2,1H3;4-6,8H,2-3,7H2,1H3;2*3-6H,1-2H3;2*2-4H,8H2,1H3;2-5H,1H3. The SMILES string of the molecule is CCCCSc1cc([N+](=O)[O-])ccc1N.CCCCSc1ccc(N)c([N+](=O)[O-])c1.CCCCSc1cccc([N+](=O)[O-])c1.CCCCSc1cccc([N+](=O)[O-])c1N.CN(C)C(=O)Sc1cccc([N+](=O)[O-])c1.CN(C)C(=S)Oc1cccc([N+](=O)[O-])c1.CSc1ccc(N)c([N+](=O)[O-])c1.CSc1cccc([N+](=O)[O-])c1.CSc1cccc([N+](=O)[O-])c1N. The number of anilines is 5. The first-order valence-electron chi connectivity index (χ1n) is 36.8. The molecule has 0 bridgehead atoms. The van der Waals surface area contributed by atoms with Crippen molar-refractivity contribution in [3.8, 4) is 5.75 Å². The van der Waals surface area contributed by atoms with Gasteiger partial charge in [0, 0.05) is 152 Å². The summed E-state index contributed by atoms with van der Waals surface area (Å²) in [5, 5.41) is 94.4. The summed E-state index contributed by atoms with van der Waals surface area (Å²) in [5.41, 5.74) is 29.8. The summed E-state index contributed by atoms with van der Waals surface area (Å²) in [6.45, 7) is 8.47. The maximum Gasteiger partial charge on any atom is 0.293 e. The van der Waals surface area contributed by atoms with Crippen LogP contribution in [0, 0.1) is 91.0 Å². The molecule has 0 radical (unpaired) electrons. The molecule has 9 aromatic rings. The quantitative estimate of drug-likeness (QED) is 0.00697. The monoisotopic (exact) mass is 1880 g/mol. The van der Waals surface area contributed by atoms with Gasteiger partial charge in [-0.15, -0.1) is 82.3 Å². The number of nitro groups is 9. The molecule has 9 aromatic carbocycles. The zero-order chi connectivity index (χ0) is 93.6. The number of unbranched alkanes of at least 4 members (excludes halogenated alkanes) is 4. The van der Waals surface area contributed by atoms with Crippen molar-refractivity contribution >= 4 is 196 Å². The minimum absolute atomic E-state index is 0.00324. The molecule has 668 valence electrons. The third-order valence-corrected chi connectivity index (χ3v) is 23.3. The molecule has 0 aromatic heterocycles. The molecular formula is C79H98N16O20S9. The minimum Gasteiger partial charge on any atom is -0.432 e. The highest BCUT2D eigenvalue weighted by molar-refractivity contribution is 8.13. The van der Waals surface area contributed by atoms with Gasteiger partial charge in [-0.3, -0.25) is 95.8 Å². The largest absolute Gasteiger partial charge is 0.432 e. The fourth-order valence-electron chi connectivity index (χ4n) is 8.47. The molecule has 0 fully saturated rings. The van der Waals surface area contributed by atoms with Crippen LogP contribution in [0.15, 0.2) is 227 Å². The van der Waals surface area contributed by atoms with Crippen LogP contribution in [0.3, 0.4) is 0 Å². The van der Waals surface area contributed by atoms with Crippen LogP contribution in [0.5, 0.6) is 5.75 Å². The summed E-state index contributed by atoms with van der Waals surface area (Å²) in [7, 11) is 6.73. The van der Waals surface area contributed by atoms with Crippen molar-refractivity contribution < 1.29 is 53.8 Å². The van der Waals surface area contributed by atoms with Gasteiger partial charge in [-0.1, -0.05) is 89.8 Å². The van der Waals surface area contributed by atoms with Crippen molar-refractivity contribution in [1.82, 2.24) is 9.80 Å². The maximum absolute atomic E-state index is 11.3. The second-order valence-corrected chi connectivity index (χ2v) is 33.4. The number of nitrogens with two attached hydrogens (primary N) is 5. The highest BCUT2D eigenvalue weighted by atomic mass is 32.2. The average molecular weight is 1880 g/mol. The maximum atomic E-state index is 11.3. The number of nitrogen functional groups attached to an aromatic ring is 5. The number of para-hydroxylation sites is 2. The fraction of sp³-hybridized carbons (Fsp3) is 0.291. The molecule has 0 atom stereocenters. The summed E-state index contributed by atoms with van der Waals surface area (Å²) in [5.74, 6) is 4.27. The van der Waals surface area contributed by atoms with Gasteiger partial charge in [0.2, 0.25) is 0 Å². The van der Waals surface area contributed by atoms with E-state index in [1.807, 2.05) is 43.0 Å². The van der Waals surface area contributed by atoms with Gasteiger partial charge in [0.1, 0.15) is 28.5 Å². The number of amides is 1. The van der Waals surface area contributed by atoms with E-state index in [0.29, 0.717) is 16.3 Å². The minimum atomic E-state index is -0.482. The van der Waals surface area contributed by atoms with E-state index in [2.05, 4.69) is 27.7 Å². The molecule has 0 aliphatic heterocycles. The van der Waals surface area contributed by atoms with E-state index < -0.39 is 34.5 Å². The Bertz CT molecular complexity index is 4890. The number of hydrogen-bond acceptors (Lipinski definition) is 34. The summed E-state index contributed by atoms with van der Waals surface area (Å²) in [6, 6.07) is 49.2. The van der Waals surface area contributed by atoms with Gasteiger partial charge in [-0.25, -0.2) is 0 Å². The summed E-state index contributed by atoms with van der Waals surface area (Å²) in [6.07, 6.45) is 14.5. The van der Waals surface area contributed by atoms with Crippen LogP contribution in [0.2, 0.25) is 0 Å². The number of thioether (sulfide) groups is 8. The number of rotatable bonds is 30. The van der Waals surface area contributed by atoms with Crippen LogP contribution in [0.4, 0.5) is 84.4 Å². The first kappa shape index (κ1) is 111. The second-order valence-electron chi connectivity index (χ2n) is 24.8. The molecule has 10 N–H and O–H groups in total. The van der Waals surface area contributed by atoms with Crippen molar-refractivity contribution in [2.75, 3.05) is 98.6 Å². The Morgan fingerprint density at radius 2 is 0.669 bits per heavy atom. The van der Waals surface area contributed by atoms with Crippen LogP contribution < -0.4 is 33.4 Å². The van der Waals surface area contributed by atoms with E-state index in [0.717, 1.165) is 120 Å². The Labute approximate surface area is 756 Å². The lowest BCUT2D eigenvalue weighted by Crippen LogP contribution is -2.24. The Kier molecular flexibility index (Phi) is 55.1. The lowest BCUT2D eigenvalue weighted by Gasteiger charge is -2.13. The van der Waals surface area contributed by atoms with Crippen molar-refractivity contribution in [2.24, 2.45) is 0 Å². The molecule has 45 heteroatoms.